The Bertz CT molecular complexity index is 881. The van der Waals surface area contributed by atoms with Gasteiger partial charge in [0.1, 0.15) is 5.75 Å². The molecule has 0 bridgehead atoms. The number of nitro groups is 1. The lowest BCUT2D eigenvalue weighted by Gasteiger charge is -2.41. The first-order valence-corrected chi connectivity index (χ1v) is 7.59. The van der Waals surface area contributed by atoms with Crippen LogP contribution in [0.1, 0.15) is 0 Å². The lowest BCUT2D eigenvalue weighted by molar-refractivity contribution is -0.453. The van der Waals surface area contributed by atoms with Crippen molar-refractivity contribution in [2.24, 2.45) is 0 Å². The molecule has 0 radical (unpaired) electrons. The first-order chi connectivity index (χ1) is 14.4. The van der Waals surface area contributed by atoms with Crippen LogP contribution >= 0.6 is 0 Å². The Morgan fingerprint density at radius 2 is 1.12 bits per heavy atom. The number of non-ortho nitro benzene ring substituents is 1. The van der Waals surface area contributed by atoms with Crippen LogP contribution < -0.4 is 4.74 Å². The Morgan fingerprint density at radius 3 is 1.55 bits per heavy atom. The van der Waals surface area contributed by atoms with E-state index in [1.165, 1.54) is 0 Å². The van der Waals surface area contributed by atoms with Gasteiger partial charge in [-0.1, -0.05) is 6.07 Å². The molecule has 0 saturated heterocycles. The van der Waals surface area contributed by atoms with Crippen LogP contribution in [0.3, 0.4) is 0 Å². The fourth-order valence-corrected chi connectivity index (χ4v) is 1.95. The number of nitrogens with zero attached hydrogens (tertiary/aromatic N) is 1. The van der Waals surface area contributed by atoms with Crippen LogP contribution in [0, 0.1) is 10.1 Å². The van der Waals surface area contributed by atoms with E-state index in [1.807, 2.05) is 0 Å². The topological polar surface area (TPSA) is 52.4 Å². The molecule has 190 valence electrons. The third-order valence-electron chi connectivity index (χ3n) is 3.84. The Balaban J connectivity index is 3.36. The van der Waals surface area contributed by atoms with Crippen molar-refractivity contribution >= 4 is 5.69 Å². The van der Waals surface area contributed by atoms with Gasteiger partial charge in [0.2, 0.25) is 0 Å². The van der Waals surface area contributed by atoms with Crippen molar-refractivity contribution in [2.75, 3.05) is 6.61 Å². The summed E-state index contributed by atoms with van der Waals surface area (Å²) in [7, 11) is 0. The van der Waals surface area contributed by atoms with E-state index in [9.17, 15) is 76.0 Å². The van der Waals surface area contributed by atoms with Crippen LogP contribution in [0.15, 0.2) is 24.3 Å². The molecule has 0 aliphatic rings. The molecular weight excluding hydrogens is 515 g/mol. The molecule has 0 saturated carbocycles. The van der Waals surface area contributed by atoms with Gasteiger partial charge in [0.15, 0.2) is 6.61 Å². The van der Waals surface area contributed by atoms with Gasteiger partial charge in [-0.2, -0.15) is 65.9 Å². The Morgan fingerprint density at radius 1 is 0.697 bits per heavy atom. The monoisotopic (exact) mass is 521 g/mol. The molecule has 4 nitrogen and oxygen atoms in total. The average molecular weight is 521 g/mol. The lowest BCUT2D eigenvalue weighted by Crippen LogP contribution is -2.73. The summed E-state index contributed by atoms with van der Waals surface area (Å²) >= 11 is 0. The summed E-state index contributed by atoms with van der Waals surface area (Å²) in [6.07, 6.45) is -7.68. The lowest BCUT2D eigenvalue weighted by atomic mass is 9.91. The van der Waals surface area contributed by atoms with Gasteiger partial charge in [-0.15, -0.1) is 0 Å². The molecule has 0 spiro atoms. The molecule has 0 heterocycles. The molecule has 0 unspecified atom stereocenters. The van der Waals surface area contributed by atoms with Crippen LogP contribution in [-0.4, -0.2) is 53.2 Å². The molecular formula is C14H6F15NO3. The fraction of sp³-hybridized carbons (Fsp3) is 0.571. The maximum atomic E-state index is 13.6. The zero-order chi connectivity index (χ0) is 26.5. The van der Waals surface area contributed by atoms with E-state index < -0.39 is 64.7 Å². The van der Waals surface area contributed by atoms with Crippen LogP contribution in [0.5, 0.6) is 5.75 Å². The van der Waals surface area contributed by atoms with Crippen molar-refractivity contribution in [3.8, 4) is 5.75 Å². The maximum Gasteiger partial charge on any atom is 0.460 e. The van der Waals surface area contributed by atoms with Gasteiger partial charge in [0.25, 0.3) is 5.69 Å². The molecule has 0 N–H and O–H groups in total. The van der Waals surface area contributed by atoms with Crippen LogP contribution in [0.4, 0.5) is 71.5 Å². The highest BCUT2D eigenvalue weighted by atomic mass is 19.4. The first-order valence-electron chi connectivity index (χ1n) is 7.59. The summed E-state index contributed by atoms with van der Waals surface area (Å²) in [6, 6.07) is 2.16. The molecule has 1 aromatic carbocycles. The Labute approximate surface area is 171 Å². The zero-order valence-corrected chi connectivity index (χ0v) is 14.9. The van der Waals surface area contributed by atoms with Crippen molar-refractivity contribution in [3.05, 3.63) is 34.4 Å². The van der Waals surface area contributed by atoms with Crippen molar-refractivity contribution < 1.29 is 75.5 Å². The van der Waals surface area contributed by atoms with E-state index in [2.05, 4.69) is 4.74 Å². The van der Waals surface area contributed by atoms with E-state index >= 15 is 0 Å². The first kappa shape index (κ1) is 28.4. The van der Waals surface area contributed by atoms with Crippen LogP contribution in [0.25, 0.3) is 0 Å². The molecule has 0 aliphatic carbocycles. The van der Waals surface area contributed by atoms with Gasteiger partial charge in [0.05, 0.1) is 11.0 Å². The van der Waals surface area contributed by atoms with E-state index in [1.54, 1.807) is 0 Å². The highest BCUT2D eigenvalue weighted by molar-refractivity contribution is 5.38. The van der Waals surface area contributed by atoms with E-state index in [-0.39, 0.29) is 6.07 Å². The smallest absolute Gasteiger partial charge is 0.460 e. The molecule has 33 heavy (non-hydrogen) atoms. The van der Waals surface area contributed by atoms with Gasteiger partial charge < -0.3 is 4.74 Å². The standard InChI is InChI=1S/C14H6F15NO3/c15-8(16,5-33-7-3-1-2-6(4-7)30(31)32)9(17,18)10(19,20)11(21,22)12(23,24)13(25,26)14(27,28)29/h1-4H,5H2. The zero-order valence-electron chi connectivity index (χ0n) is 14.9. The van der Waals surface area contributed by atoms with E-state index in [0.717, 1.165) is 0 Å². The minimum Gasteiger partial charge on any atom is -0.487 e. The molecule has 0 fully saturated rings. The van der Waals surface area contributed by atoms with Gasteiger partial charge in [0, 0.05) is 6.07 Å². The Kier molecular flexibility index (Phi) is 6.88. The largest absolute Gasteiger partial charge is 0.487 e. The average Bonchev–Trinajstić information content (AvgIpc) is 2.65. The number of hydrogen-bond acceptors (Lipinski definition) is 3. The summed E-state index contributed by atoms with van der Waals surface area (Å²) in [5, 5.41) is 10.5. The van der Waals surface area contributed by atoms with Crippen LogP contribution in [0.2, 0.25) is 0 Å². The second-order valence-corrected chi connectivity index (χ2v) is 6.12. The Hall–Kier alpha value is -2.63. The van der Waals surface area contributed by atoms with Gasteiger partial charge in [-0.3, -0.25) is 10.1 Å². The molecule has 19 heteroatoms. The van der Waals surface area contributed by atoms with Crippen molar-refractivity contribution in [2.45, 2.75) is 41.7 Å². The summed E-state index contributed by atoms with van der Waals surface area (Å²) < 4.78 is 199. The predicted molar refractivity (Wildman–Crippen MR) is 74.3 cm³/mol. The number of alkyl halides is 15. The number of nitro benzene ring substituents is 1. The van der Waals surface area contributed by atoms with Crippen LogP contribution in [-0.2, 0) is 0 Å². The SMILES string of the molecule is O=[N+]([O-])c1cccc(OCC(F)(F)C(F)(F)C(F)(F)C(F)(F)C(F)(F)C(F)(F)C(F)(F)F)c1. The number of halogens is 15. The highest BCUT2D eigenvalue weighted by Crippen LogP contribution is 2.62. The molecule has 0 aliphatic heterocycles. The minimum atomic E-state index is -8.39. The summed E-state index contributed by atoms with van der Waals surface area (Å²) in [5.74, 6) is -48.4. The summed E-state index contributed by atoms with van der Waals surface area (Å²) in [5.41, 5.74) is -0.937. The molecule has 1 aromatic rings. The number of hydrogen-bond donors (Lipinski definition) is 0. The number of rotatable bonds is 9. The number of ether oxygens (including phenoxy) is 1. The third-order valence-corrected chi connectivity index (χ3v) is 3.84. The normalized spacial score (nSPS) is 14.9. The van der Waals surface area contributed by atoms with Crippen molar-refractivity contribution in [1.29, 1.82) is 0 Å². The van der Waals surface area contributed by atoms with Crippen molar-refractivity contribution in [3.63, 3.8) is 0 Å². The number of benzene rings is 1. The minimum absolute atomic E-state index is 0.249. The molecule has 0 amide bonds. The van der Waals surface area contributed by atoms with E-state index in [0.29, 0.717) is 18.2 Å². The predicted octanol–water partition coefficient (Wildman–Crippen LogP) is 6.35. The maximum absolute atomic E-state index is 13.6. The van der Waals surface area contributed by atoms with Gasteiger partial charge >= 0.3 is 41.7 Å². The summed E-state index contributed by atoms with van der Waals surface area (Å²) in [6.45, 7) is -3.08. The second-order valence-electron chi connectivity index (χ2n) is 6.12. The highest BCUT2D eigenvalue weighted by Gasteiger charge is 2.93. The van der Waals surface area contributed by atoms with Crippen molar-refractivity contribution in [1.82, 2.24) is 0 Å². The molecule has 0 aromatic heterocycles. The van der Waals surface area contributed by atoms with Gasteiger partial charge in [-0.25, -0.2) is 0 Å². The summed E-state index contributed by atoms with van der Waals surface area (Å²) in [4.78, 5) is 9.30. The second kappa shape index (κ2) is 8.00. The van der Waals surface area contributed by atoms with Gasteiger partial charge in [-0.05, 0) is 6.07 Å². The molecule has 0 atom stereocenters. The molecule has 1 rings (SSSR count). The fourth-order valence-electron chi connectivity index (χ4n) is 1.95. The quantitative estimate of drug-likeness (QED) is 0.216. The van der Waals surface area contributed by atoms with E-state index in [4.69, 9.17) is 0 Å². The third kappa shape index (κ3) is 4.32.